The third-order valence-electron chi connectivity index (χ3n) is 3.17. The van der Waals surface area contributed by atoms with Gasteiger partial charge < -0.3 is 9.31 Å². The number of hydrogen-bond donors (Lipinski definition) is 0. The Morgan fingerprint density at radius 3 is 1.64 bits per heavy atom. The highest BCUT2D eigenvalue weighted by Crippen LogP contribution is 2.39. The van der Waals surface area contributed by atoms with Gasteiger partial charge >= 0.3 is 7.12 Å². The lowest BCUT2D eigenvalue weighted by atomic mass is 9.78. The molecule has 0 aromatic heterocycles. The molecule has 0 spiro atoms. The van der Waals surface area contributed by atoms with Crippen LogP contribution in [0.5, 0.6) is 0 Å². The molecule has 4 heteroatoms. The van der Waals surface area contributed by atoms with Gasteiger partial charge in [0, 0.05) is 0 Å². The zero-order valence-electron chi connectivity index (χ0n) is 9.93. The number of halogens is 1. The Morgan fingerprint density at radius 2 is 1.36 bits per heavy atom. The van der Waals surface area contributed by atoms with Crippen molar-refractivity contribution in [3.8, 4) is 0 Å². The molecule has 0 N–H and O–H groups in total. The molecule has 0 aliphatic carbocycles. The average molecular weight is 219 g/mol. The normalized spacial score (nSPS) is 27.0. The first kappa shape index (κ1) is 12.3. The lowest BCUT2D eigenvalue weighted by molar-refractivity contribution is 0.00578. The fraction of sp³-hybridized carbons (Fsp3) is 1.00. The van der Waals surface area contributed by atoms with Crippen LogP contribution in [-0.4, -0.2) is 23.6 Å². The summed E-state index contributed by atoms with van der Waals surface area (Å²) in [5, 5.41) is -0.0870. The first-order valence-electron chi connectivity index (χ1n) is 5.17. The van der Waals surface area contributed by atoms with Crippen LogP contribution in [-0.2, 0) is 9.31 Å². The van der Waals surface area contributed by atoms with Crippen LogP contribution in [0.3, 0.4) is 0 Å². The summed E-state index contributed by atoms with van der Waals surface area (Å²) in [6, 6.07) is 0. The minimum absolute atomic E-state index is 0.0870. The van der Waals surface area contributed by atoms with Gasteiger partial charge in [-0.25, -0.2) is 0 Å². The molecule has 1 atom stereocenters. The fourth-order valence-corrected chi connectivity index (χ4v) is 1.44. The molecule has 1 saturated heterocycles. The van der Waals surface area contributed by atoms with Crippen molar-refractivity contribution in [2.45, 2.75) is 58.0 Å². The third-order valence-corrected chi connectivity index (χ3v) is 3.88. The molecule has 0 aromatic carbocycles. The molecule has 1 aliphatic heterocycles. The van der Waals surface area contributed by atoms with E-state index in [2.05, 4.69) is 13.8 Å². The fourth-order valence-electron chi connectivity index (χ4n) is 1.33. The van der Waals surface area contributed by atoms with Crippen molar-refractivity contribution in [1.82, 2.24) is 0 Å². The Morgan fingerprint density at radius 1 is 1.00 bits per heavy atom. The topological polar surface area (TPSA) is 18.5 Å². The Bertz CT molecular complexity index is 200. The molecule has 1 unspecified atom stereocenters. The van der Waals surface area contributed by atoms with E-state index < -0.39 is 0 Å². The molecule has 0 bridgehead atoms. The van der Waals surface area contributed by atoms with Gasteiger partial charge in [-0.15, -0.1) is 11.6 Å². The van der Waals surface area contributed by atoms with Gasteiger partial charge in [-0.3, -0.25) is 0 Å². The quantitative estimate of drug-likeness (QED) is 0.524. The largest absolute Gasteiger partial charge is 0.477 e. The predicted molar refractivity (Wildman–Crippen MR) is 60.6 cm³/mol. The molecule has 1 heterocycles. The van der Waals surface area contributed by atoms with Crippen molar-refractivity contribution in [1.29, 1.82) is 0 Å². The Kier molecular flexibility index (Phi) is 3.26. The van der Waals surface area contributed by atoms with Gasteiger partial charge in [0.15, 0.2) is 0 Å². The van der Waals surface area contributed by atoms with Crippen LogP contribution in [0.1, 0.15) is 41.5 Å². The summed E-state index contributed by atoms with van der Waals surface area (Å²) in [4.78, 5) is 0. The Hall–Kier alpha value is 0.275. The highest BCUT2D eigenvalue weighted by Gasteiger charge is 2.53. The minimum atomic E-state index is -0.290. The molecular formula is C10H20BClO2. The van der Waals surface area contributed by atoms with Crippen molar-refractivity contribution < 1.29 is 9.31 Å². The minimum Gasteiger partial charge on any atom is -0.402 e. The highest BCUT2D eigenvalue weighted by atomic mass is 35.5. The van der Waals surface area contributed by atoms with E-state index in [1.807, 2.05) is 27.7 Å². The molecule has 0 saturated carbocycles. The van der Waals surface area contributed by atoms with E-state index >= 15 is 0 Å². The van der Waals surface area contributed by atoms with E-state index in [0.29, 0.717) is 5.92 Å². The molecule has 0 amide bonds. The molecule has 14 heavy (non-hydrogen) atoms. The third kappa shape index (κ3) is 2.10. The van der Waals surface area contributed by atoms with Crippen LogP contribution >= 0.6 is 11.6 Å². The lowest BCUT2D eigenvalue weighted by Crippen LogP contribution is -2.41. The second kappa shape index (κ2) is 3.69. The first-order chi connectivity index (χ1) is 6.17. The van der Waals surface area contributed by atoms with Crippen molar-refractivity contribution in [3.05, 3.63) is 0 Å². The van der Waals surface area contributed by atoms with E-state index in [4.69, 9.17) is 20.9 Å². The predicted octanol–water partition coefficient (Wildman–Crippen LogP) is 2.88. The summed E-state index contributed by atoms with van der Waals surface area (Å²) in [6.07, 6.45) is 0. The van der Waals surface area contributed by atoms with Gasteiger partial charge in [-0.05, 0) is 33.6 Å². The monoisotopic (exact) mass is 218 g/mol. The standard InChI is InChI=1S/C10H20BClO2/c1-7(2)8(12)11-13-9(3,4)10(5,6)14-11/h7-8H,1-6H3. The van der Waals surface area contributed by atoms with Crippen LogP contribution in [0, 0.1) is 5.92 Å². The van der Waals surface area contributed by atoms with Gasteiger partial charge in [0.2, 0.25) is 0 Å². The molecule has 1 rings (SSSR count). The second-order valence-corrected chi connectivity index (χ2v) is 5.82. The Balaban J connectivity index is 2.73. The maximum absolute atomic E-state index is 6.23. The van der Waals surface area contributed by atoms with Gasteiger partial charge in [-0.2, -0.15) is 0 Å². The van der Waals surface area contributed by atoms with Gasteiger partial charge in [0.05, 0.1) is 16.5 Å². The number of rotatable bonds is 2. The van der Waals surface area contributed by atoms with Crippen molar-refractivity contribution >= 4 is 18.7 Å². The van der Waals surface area contributed by atoms with E-state index in [-0.39, 0.29) is 23.6 Å². The maximum Gasteiger partial charge on any atom is 0.477 e. The zero-order chi connectivity index (χ0) is 11.1. The molecule has 0 aromatic rings. The molecule has 2 nitrogen and oxygen atoms in total. The van der Waals surface area contributed by atoms with Gasteiger partial charge in [-0.1, -0.05) is 13.8 Å². The van der Waals surface area contributed by atoms with Crippen molar-refractivity contribution in [2.24, 2.45) is 5.92 Å². The molecule has 0 radical (unpaired) electrons. The van der Waals surface area contributed by atoms with E-state index in [0.717, 1.165) is 0 Å². The Labute approximate surface area is 92.4 Å². The van der Waals surface area contributed by atoms with E-state index in [1.165, 1.54) is 0 Å². The van der Waals surface area contributed by atoms with Gasteiger partial charge in [0.25, 0.3) is 0 Å². The average Bonchev–Trinajstić information content (AvgIpc) is 2.20. The first-order valence-corrected chi connectivity index (χ1v) is 5.61. The number of hydrogen-bond acceptors (Lipinski definition) is 2. The number of alkyl halides is 1. The van der Waals surface area contributed by atoms with Crippen molar-refractivity contribution in [2.75, 3.05) is 0 Å². The summed E-state index contributed by atoms with van der Waals surface area (Å²) >= 11 is 6.23. The molecule has 1 aliphatic rings. The van der Waals surface area contributed by atoms with Crippen LogP contribution in [0.15, 0.2) is 0 Å². The van der Waals surface area contributed by atoms with E-state index in [9.17, 15) is 0 Å². The summed E-state index contributed by atoms with van der Waals surface area (Å²) in [5.41, 5.74) is -0.556. The van der Waals surface area contributed by atoms with Crippen LogP contribution in [0.25, 0.3) is 0 Å². The zero-order valence-corrected chi connectivity index (χ0v) is 10.7. The smallest absolute Gasteiger partial charge is 0.402 e. The van der Waals surface area contributed by atoms with Gasteiger partial charge in [0.1, 0.15) is 0 Å². The highest BCUT2D eigenvalue weighted by molar-refractivity contribution is 6.60. The second-order valence-electron chi connectivity index (χ2n) is 5.31. The van der Waals surface area contributed by atoms with Crippen LogP contribution in [0.2, 0.25) is 0 Å². The molecule has 1 fully saturated rings. The summed E-state index contributed by atoms with van der Waals surface area (Å²) in [6.45, 7) is 12.3. The molecular weight excluding hydrogens is 198 g/mol. The lowest BCUT2D eigenvalue weighted by Gasteiger charge is -2.32. The SMILES string of the molecule is CC(C)C(Cl)B1OC(C)(C)C(C)(C)O1. The summed E-state index contributed by atoms with van der Waals surface area (Å²) < 4.78 is 11.7. The summed E-state index contributed by atoms with van der Waals surface area (Å²) in [5.74, 6) is 0.353. The molecule has 82 valence electrons. The van der Waals surface area contributed by atoms with Crippen LogP contribution < -0.4 is 0 Å². The summed E-state index contributed by atoms with van der Waals surface area (Å²) in [7, 11) is -0.290. The van der Waals surface area contributed by atoms with Crippen molar-refractivity contribution in [3.63, 3.8) is 0 Å². The van der Waals surface area contributed by atoms with Crippen LogP contribution in [0.4, 0.5) is 0 Å². The maximum atomic E-state index is 6.23. The van der Waals surface area contributed by atoms with E-state index in [1.54, 1.807) is 0 Å².